The van der Waals surface area contributed by atoms with Crippen molar-refractivity contribution >= 4 is 12.4 Å². The molecule has 2 rings (SSSR count). The molecular formula is C15H25ClN2O. The summed E-state index contributed by atoms with van der Waals surface area (Å²) in [6.45, 7) is 9.54. The van der Waals surface area contributed by atoms with Gasteiger partial charge in [-0.25, -0.2) is 0 Å². The van der Waals surface area contributed by atoms with Gasteiger partial charge in [-0.3, -0.25) is 4.90 Å². The van der Waals surface area contributed by atoms with Gasteiger partial charge in [-0.05, 0) is 36.5 Å². The Morgan fingerprint density at radius 2 is 1.84 bits per heavy atom. The van der Waals surface area contributed by atoms with Crippen LogP contribution in [0.1, 0.15) is 23.6 Å². The van der Waals surface area contributed by atoms with Gasteiger partial charge in [0.2, 0.25) is 0 Å². The molecule has 0 aliphatic carbocycles. The highest BCUT2D eigenvalue weighted by Crippen LogP contribution is 2.26. The highest BCUT2D eigenvalue weighted by molar-refractivity contribution is 5.85. The zero-order valence-corrected chi connectivity index (χ0v) is 13.1. The van der Waals surface area contributed by atoms with Crippen molar-refractivity contribution in [1.82, 2.24) is 4.90 Å². The molecule has 0 saturated carbocycles. The van der Waals surface area contributed by atoms with Crippen LogP contribution in [0.4, 0.5) is 0 Å². The van der Waals surface area contributed by atoms with Crippen molar-refractivity contribution in [1.29, 1.82) is 0 Å². The second kappa shape index (κ2) is 6.60. The molecule has 2 atom stereocenters. The van der Waals surface area contributed by atoms with Crippen molar-refractivity contribution in [2.45, 2.75) is 33.4 Å². The maximum atomic E-state index is 6.07. The molecule has 0 radical (unpaired) electrons. The summed E-state index contributed by atoms with van der Waals surface area (Å²) in [5, 5.41) is 0. The zero-order valence-electron chi connectivity index (χ0n) is 12.3. The van der Waals surface area contributed by atoms with Gasteiger partial charge in [0, 0.05) is 25.7 Å². The number of rotatable bonds is 3. The molecule has 0 amide bonds. The molecule has 3 nitrogen and oxygen atoms in total. The van der Waals surface area contributed by atoms with Crippen LogP contribution in [-0.4, -0.2) is 31.1 Å². The first-order valence-corrected chi connectivity index (χ1v) is 6.63. The monoisotopic (exact) mass is 284 g/mol. The van der Waals surface area contributed by atoms with Crippen molar-refractivity contribution in [2.75, 3.05) is 20.2 Å². The van der Waals surface area contributed by atoms with Gasteiger partial charge in [0.05, 0.1) is 7.11 Å². The minimum absolute atomic E-state index is 0. The van der Waals surface area contributed by atoms with E-state index in [2.05, 4.69) is 37.8 Å². The molecule has 1 aromatic rings. The fourth-order valence-electron chi connectivity index (χ4n) is 2.94. The molecule has 1 aliphatic heterocycles. The van der Waals surface area contributed by atoms with Crippen LogP contribution < -0.4 is 10.5 Å². The van der Waals surface area contributed by atoms with Crippen LogP contribution in [0.25, 0.3) is 0 Å². The maximum Gasteiger partial charge on any atom is 0.124 e. The van der Waals surface area contributed by atoms with Crippen molar-refractivity contribution in [2.24, 2.45) is 11.7 Å². The average Bonchev–Trinajstić information content (AvgIpc) is 2.57. The fraction of sp³-hybridized carbons (Fsp3) is 0.600. The Morgan fingerprint density at radius 3 is 2.26 bits per heavy atom. The lowest BCUT2D eigenvalue weighted by molar-refractivity contribution is 0.318. The lowest BCUT2D eigenvalue weighted by atomic mass is 10.1. The Morgan fingerprint density at radius 1 is 1.26 bits per heavy atom. The smallest absolute Gasteiger partial charge is 0.124 e. The minimum atomic E-state index is 0. The third kappa shape index (κ3) is 3.62. The van der Waals surface area contributed by atoms with E-state index in [1.807, 2.05) is 0 Å². The van der Waals surface area contributed by atoms with Gasteiger partial charge >= 0.3 is 0 Å². The van der Waals surface area contributed by atoms with Gasteiger partial charge in [-0.2, -0.15) is 0 Å². The average molecular weight is 285 g/mol. The van der Waals surface area contributed by atoms with Gasteiger partial charge < -0.3 is 10.5 Å². The second-order valence-corrected chi connectivity index (χ2v) is 5.60. The van der Waals surface area contributed by atoms with Crippen molar-refractivity contribution < 1.29 is 4.74 Å². The summed E-state index contributed by atoms with van der Waals surface area (Å²) in [5.74, 6) is 1.61. The normalized spacial score (nSPS) is 23.2. The molecule has 1 saturated heterocycles. The Bertz CT molecular complexity index is 403. The SMILES string of the molecule is COc1c(C)cc(CN2CC(C)C(N)C2)cc1C.Cl. The van der Waals surface area contributed by atoms with Gasteiger partial charge in [-0.15, -0.1) is 12.4 Å². The van der Waals surface area contributed by atoms with Gasteiger partial charge in [-0.1, -0.05) is 19.1 Å². The molecule has 19 heavy (non-hydrogen) atoms. The van der Waals surface area contributed by atoms with E-state index in [1.54, 1.807) is 7.11 Å². The number of likely N-dealkylation sites (tertiary alicyclic amines) is 1. The Labute approximate surface area is 122 Å². The standard InChI is InChI=1S/C15H24N2O.ClH/c1-10-5-13(6-11(2)15(10)18-4)8-17-7-12(3)14(16)9-17;/h5-6,12,14H,7-9,16H2,1-4H3;1H. The van der Waals surface area contributed by atoms with Crippen LogP contribution in [0, 0.1) is 19.8 Å². The molecule has 1 aliphatic rings. The molecular weight excluding hydrogens is 260 g/mol. The Balaban J connectivity index is 0.00000180. The molecule has 1 aromatic carbocycles. The van der Waals surface area contributed by atoms with Crippen LogP contribution in [-0.2, 0) is 6.54 Å². The lowest BCUT2D eigenvalue weighted by Gasteiger charge is -2.17. The third-order valence-corrected chi connectivity index (χ3v) is 3.88. The molecule has 4 heteroatoms. The summed E-state index contributed by atoms with van der Waals surface area (Å²) < 4.78 is 5.40. The van der Waals surface area contributed by atoms with Crippen LogP contribution in [0.3, 0.4) is 0 Å². The second-order valence-electron chi connectivity index (χ2n) is 5.60. The van der Waals surface area contributed by atoms with E-state index in [4.69, 9.17) is 10.5 Å². The predicted molar refractivity (Wildman–Crippen MR) is 82.1 cm³/mol. The number of methoxy groups -OCH3 is 1. The molecule has 2 N–H and O–H groups in total. The number of nitrogens with two attached hydrogens (primary N) is 1. The first-order chi connectivity index (χ1) is 8.51. The maximum absolute atomic E-state index is 6.07. The summed E-state index contributed by atoms with van der Waals surface area (Å²) in [6, 6.07) is 4.77. The minimum Gasteiger partial charge on any atom is -0.496 e. The largest absolute Gasteiger partial charge is 0.496 e. The van der Waals surface area contributed by atoms with Gasteiger partial charge in [0.15, 0.2) is 0 Å². The van der Waals surface area contributed by atoms with Crippen LogP contribution in [0.2, 0.25) is 0 Å². The van der Waals surface area contributed by atoms with E-state index in [9.17, 15) is 0 Å². The predicted octanol–water partition coefficient (Wildman–Crippen LogP) is 2.51. The van der Waals surface area contributed by atoms with Gasteiger partial charge in [0.25, 0.3) is 0 Å². The molecule has 1 heterocycles. The molecule has 0 spiro atoms. The molecule has 0 bridgehead atoms. The lowest BCUT2D eigenvalue weighted by Crippen LogP contribution is -2.28. The van der Waals surface area contributed by atoms with Crippen LogP contribution >= 0.6 is 12.4 Å². The molecule has 1 fully saturated rings. The quantitative estimate of drug-likeness (QED) is 0.927. The summed E-state index contributed by atoms with van der Waals surface area (Å²) in [7, 11) is 1.73. The van der Waals surface area contributed by atoms with E-state index in [1.165, 1.54) is 16.7 Å². The van der Waals surface area contributed by atoms with Crippen molar-refractivity contribution in [3.63, 3.8) is 0 Å². The van der Waals surface area contributed by atoms with E-state index in [0.717, 1.165) is 25.4 Å². The van der Waals surface area contributed by atoms with Crippen molar-refractivity contribution in [3.8, 4) is 5.75 Å². The Kier molecular flexibility index (Phi) is 5.65. The molecule has 108 valence electrons. The summed E-state index contributed by atoms with van der Waals surface area (Å²) in [4.78, 5) is 2.44. The number of nitrogens with zero attached hydrogens (tertiary/aromatic N) is 1. The summed E-state index contributed by atoms with van der Waals surface area (Å²) in [5.41, 5.74) is 9.84. The molecule has 0 aromatic heterocycles. The first kappa shape index (κ1) is 16.3. The van der Waals surface area contributed by atoms with Crippen LogP contribution in [0.5, 0.6) is 5.75 Å². The number of benzene rings is 1. The van der Waals surface area contributed by atoms with E-state index in [-0.39, 0.29) is 12.4 Å². The topological polar surface area (TPSA) is 38.5 Å². The Hall–Kier alpha value is -0.770. The summed E-state index contributed by atoms with van der Waals surface area (Å²) in [6.07, 6.45) is 0. The van der Waals surface area contributed by atoms with Gasteiger partial charge in [0.1, 0.15) is 5.75 Å². The first-order valence-electron chi connectivity index (χ1n) is 6.63. The summed E-state index contributed by atoms with van der Waals surface area (Å²) >= 11 is 0. The number of halogens is 1. The van der Waals surface area contributed by atoms with E-state index in [0.29, 0.717) is 12.0 Å². The number of ether oxygens (including phenoxy) is 1. The highest BCUT2D eigenvalue weighted by atomic mass is 35.5. The fourth-order valence-corrected chi connectivity index (χ4v) is 2.94. The van der Waals surface area contributed by atoms with Crippen LogP contribution in [0.15, 0.2) is 12.1 Å². The van der Waals surface area contributed by atoms with E-state index < -0.39 is 0 Å². The van der Waals surface area contributed by atoms with E-state index >= 15 is 0 Å². The number of hydrogen-bond acceptors (Lipinski definition) is 3. The van der Waals surface area contributed by atoms with Crippen molar-refractivity contribution in [3.05, 3.63) is 28.8 Å². The number of aryl methyl sites for hydroxylation is 2. The number of hydrogen-bond donors (Lipinski definition) is 1. The highest BCUT2D eigenvalue weighted by Gasteiger charge is 2.26. The molecule has 2 unspecified atom stereocenters. The zero-order chi connectivity index (χ0) is 13.3. The third-order valence-electron chi connectivity index (χ3n) is 3.88.